The van der Waals surface area contributed by atoms with Gasteiger partial charge in [0.2, 0.25) is 0 Å². The Morgan fingerprint density at radius 2 is 1.69 bits per heavy atom. The lowest BCUT2D eigenvalue weighted by Crippen LogP contribution is -2.57. The topological polar surface area (TPSA) is 50.4 Å². The predicted octanol–water partition coefficient (Wildman–Crippen LogP) is 5.53. The van der Waals surface area contributed by atoms with Crippen LogP contribution in [0.5, 0.6) is 0 Å². The van der Waals surface area contributed by atoms with Gasteiger partial charge in [0.05, 0.1) is 12.2 Å². The molecule has 5 heteroatoms. The average Bonchev–Trinajstić information content (AvgIpc) is 2.67. The van der Waals surface area contributed by atoms with Crippen molar-refractivity contribution < 1.29 is 9.53 Å². The summed E-state index contributed by atoms with van der Waals surface area (Å²) in [5.74, 6) is 2.54. The molecule has 158 valence electrons. The first-order chi connectivity index (χ1) is 14.0. The molecule has 0 spiro atoms. The molecule has 4 aliphatic rings. The fourth-order valence-electron chi connectivity index (χ4n) is 6.65. The van der Waals surface area contributed by atoms with Crippen LogP contribution in [-0.2, 0) is 4.74 Å². The minimum atomic E-state index is -0.287. The summed E-state index contributed by atoms with van der Waals surface area (Å²) in [5, 5.41) is 7.74. The van der Waals surface area contributed by atoms with Crippen molar-refractivity contribution in [1.29, 1.82) is 0 Å². The molecule has 5 rings (SSSR count). The van der Waals surface area contributed by atoms with Crippen molar-refractivity contribution in [1.82, 2.24) is 5.32 Å². The zero-order valence-corrected chi connectivity index (χ0v) is 18.5. The van der Waals surface area contributed by atoms with E-state index in [-0.39, 0.29) is 5.97 Å². The van der Waals surface area contributed by atoms with Crippen LogP contribution in [0.2, 0.25) is 0 Å². The monoisotopic (exact) mass is 414 g/mol. The van der Waals surface area contributed by atoms with Gasteiger partial charge in [-0.3, -0.25) is 0 Å². The van der Waals surface area contributed by atoms with E-state index in [1.165, 1.54) is 51.4 Å². The van der Waals surface area contributed by atoms with Crippen LogP contribution in [0.1, 0.15) is 75.6 Å². The summed E-state index contributed by atoms with van der Waals surface area (Å²) in [7, 11) is 0. The summed E-state index contributed by atoms with van der Waals surface area (Å²) in [6.45, 7) is 4.48. The SMILES string of the molecule is CCCC(NC(=S)Nc1ccc(C(=O)OCC)cc1)C12CC3CC(CC(C3)C1)C2. The predicted molar refractivity (Wildman–Crippen MR) is 121 cm³/mol. The Bertz CT molecular complexity index is 710. The lowest BCUT2D eigenvalue weighted by Gasteiger charge is -2.59. The normalized spacial score (nSPS) is 30.6. The summed E-state index contributed by atoms with van der Waals surface area (Å²) >= 11 is 5.69. The minimum Gasteiger partial charge on any atom is -0.462 e. The number of thiocarbonyl (C=S) groups is 1. The molecule has 1 aromatic rings. The Morgan fingerprint density at radius 3 is 2.21 bits per heavy atom. The molecule has 4 saturated carbocycles. The number of nitrogens with one attached hydrogen (secondary N) is 2. The molecule has 1 atom stereocenters. The lowest BCUT2D eigenvalue weighted by atomic mass is 9.47. The maximum Gasteiger partial charge on any atom is 0.338 e. The van der Waals surface area contributed by atoms with Gasteiger partial charge in [-0.1, -0.05) is 13.3 Å². The van der Waals surface area contributed by atoms with Gasteiger partial charge in [0, 0.05) is 11.7 Å². The third kappa shape index (κ3) is 4.45. The first kappa shape index (κ1) is 20.6. The number of hydrogen-bond donors (Lipinski definition) is 2. The molecular weight excluding hydrogens is 380 g/mol. The molecule has 0 aliphatic heterocycles. The summed E-state index contributed by atoms with van der Waals surface area (Å²) in [6, 6.07) is 7.80. The van der Waals surface area contributed by atoms with Crippen LogP contribution in [0, 0.1) is 23.2 Å². The van der Waals surface area contributed by atoms with E-state index in [2.05, 4.69) is 17.6 Å². The number of esters is 1. The van der Waals surface area contributed by atoms with Crippen LogP contribution < -0.4 is 10.6 Å². The quantitative estimate of drug-likeness (QED) is 0.453. The minimum absolute atomic E-state index is 0.287. The number of ether oxygens (including phenoxy) is 1. The fraction of sp³-hybridized carbons (Fsp3) is 0.667. The summed E-state index contributed by atoms with van der Waals surface area (Å²) < 4.78 is 5.05. The van der Waals surface area contributed by atoms with Crippen molar-refractivity contribution in [3.8, 4) is 0 Å². The van der Waals surface area contributed by atoms with Crippen molar-refractivity contribution in [2.24, 2.45) is 23.2 Å². The second kappa shape index (κ2) is 8.63. The molecule has 0 saturated heterocycles. The van der Waals surface area contributed by atoms with Gasteiger partial charge in [0.25, 0.3) is 0 Å². The van der Waals surface area contributed by atoms with Gasteiger partial charge >= 0.3 is 5.97 Å². The van der Waals surface area contributed by atoms with Crippen LogP contribution in [0.4, 0.5) is 5.69 Å². The van der Waals surface area contributed by atoms with Crippen molar-refractivity contribution in [3.63, 3.8) is 0 Å². The Kier molecular flexibility index (Phi) is 6.14. The molecule has 0 radical (unpaired) electrons. The second-order valence-corrected chi connectivity index (χ2v) is 9.93. The Labute approximate surface area is 180 Å². The molecule has 2 N–H and O–H groups in total. The molecule has 4 fully saturated rings. The molecule has 29 heavy (non-hydrogen) atoms. The zero-order valence-electron chi connectivity index (χ0n) is 17.7. The lowest BCUT2D eigenvalue weighted by molar-refractivity contribution is -0.0718. The van der Waals surface area contributed by atoms with E-state index in [9.17, 15) is 4.79 Å². The number of carbonyl (C=O) groups excluding carboxylic acids is 1. The number of anilines is 1. The molecule has 4 bridgehead atoms. The standard InChI is InChI=1S/C24H34N2O2S/c1-3-5-21(24-13-16-10-17(14-24)12-18(11-16)15-24)26-23(29)25-20-8-6-19(7-9-20)22(27)28-4-2/h6-9,16-18,21H,3-5,10-15H2,1-2H3,(H2,25,26,29). The van der Waals surface area contributed by atoms with Gasteiger partial charge in [-0.25, -0.2) is 4.79 Å². The number of carbonyl (C=O) groups is 1. The zero-order chi connectivity index (χ0) is 20.4. The van der Waals surface area contributed by atoms with E-state index in [1.807, 2.05) is 19.1 Å². The highest BCUT2D eigenvalue weighted by Crippen LogP contribution is 2.61. The number of rotatable bonds is 7. The molecule has 4 aliphatic carbocycles. The van der Waals surface area contributed by atoms with E-state index in [0.29, 0.717) is 28.7 Å². The van der Waals surface area contributed by atoms with Crippen LogP contribution in [0.25, 0.3) is 0 Å². The summed E-state index contributed by atoms with van der Waals surface area (Å²) in [4.78, 5) is 11.8. The maximum atomic E-state index is 11.8. The molecule has 0 amide bonds. The Hall–Kier alpha value is -1.62. The molecule has 1 unspecified atom stereocenters. The highest BCUT2D eigenvalue weighted by molar-refractivity contribution is 7.80. The third-order valence-electron chi connectivity index (χ3n) is 7.36. The molecule has 1 aromatic carbocycles. The second-order valence-electron chi connectivity index (χ2n) is 9.52. The van der Waals surface area contributed by atoms with Crippen molar-refractivity contribution >= 4 is 29.0 Å². The summed E-state index contributed by atoms with van der Waals surface area (Å²) in [5.41, 5.74) is 1.90. The molecule has 0 aromatic heterocycles. The van der Waals surface area contributed by atoms with Crippen molar-refractivity contribution in [2.45, 2.75) is 71.3 Å². The molecule has 4 nitrogen and oxygen atoms in total. The van der Waals surface area contributed by atoms with Gasteiger partial charge in [-0.05, 0) is 112 Å². The van der Waals surface area contributed by atoms with E-state index < -0.39 is 0 Å². The van der Waals surface area contributed by atoms with E-state index in [0.717, 1.165) is 23.4 Å². The fourth-order valence-corrected chi connectivity index (χ4v) is 6.91. The third-order valence-corrected chi connectivity index (χ3v) is 7.58. The van der Waals surface area contributed by atoms with Crippen molar-refractivity contribution in [3.05, 3.63) is 29.8 Å². The van der Waals surface area contributed by atoms with Crippen LogP contribution in [0.15, 0.2) is 24.3 Å². The average molecular weight is 415 g/mol. The van der Waals surface area contributed by atoms with E-state index >= 15 is 0 Å². The Balaban J connectivity index is 1.40. The van der Waals surface area contributed by atoms with Crippen LogP contribution in [0.3, 0.4) is 0 Å². The smallest absolute Gasteiger partial charge is 0.338 e. The molecular formula is C24H34N2O2S. The number of benzene rings is 1. The van der Waals surface area contributed by atoms with Crippen LogP contribution >= 0.6 is 12.2 Å². The van der Waals surface area contributed by atoms with Gasteiger partial charge in [0.15, 0.2) is 5.11 Å². The first-order valence-corrected chi connectivity index (χ1v) is 11.8. The molecule has 0 heterocycles. The highest BCUT2D eigenvalue weighted by atomic mass is 32.1. The highest BCUT2D eigenvalue weighted by Gasteiger charge is 2.54. The van der Waals surface area contributed by atoms with Crippen molar-refractivity contribution in [2.75, 3.05) is 11.9 Å². The van der Waals surface area contributed by atoms with Gasteiger partial charge in [-0.2, -0.15) is 0 Å². The largest absolute Gasteiger partial charge is 0.462 e. The Morgan fingerprint density at radius 1 is 1.10 bits per heavy atom. The maximum absolute atomic E-state index is 11.8. The van der Waals surface area contributed by atoms with E-state index in [1.54, 1.807) is 12.1 Å². The van der Waals surface area contributed by atoms with Gasteiger partial charge in [0.1, 0.15) is 0 Å². The number of hydrogen-bond acceptors (Lipinski definition) is 3. The van der Waals surface area contributed by atoms with Crippen LogP contribution in [-0.4, -0.2) is 23.7 Å². The first-order valence-electron chi connectivity index (χ1n) is 11.4. The van der Waals surface area contributed by atoms with Gasteiger partial charge in [-0.15, -0.1) is 0 Å². The summed E-state index contributed by atoms with van der Waals surface area (Å²) in [6.07, 6.45) is 10.9. The van der Waals surface area contributed by atoms with Gasteiger partial charge < -0.3 is 15.4 Å². The van der Waals surface area contributed by atoms with E-state index in [4.69, 9.17) is 17.0 Å².